The monoisotopic (exact) mass is 349 g/mol. The molecule has 1 fully saturated rings. The molecule has 2 heterocycles. The second-order valence-corrected chi connectivity index (χ2v) is 9.62. The molecule has 0 saturated carbocycles. The summed E-state index contributed by atoms with van der Waals surface area (Å²) in [5, 5.41) is 3.72. The van der Waals surface area contributed by atoms with Crippen molar-refractivity contribution < 1.29 is 8.42 Å². The number of thioether (sulfide) groups is 1. The summed E-state index contributed by atoms with van der Waals surface area (Å²) in [6.07, 6.45) is 0. The van der Waals surface area contributed by atoms with Crippen molar-refractivity contribution in [2.75, 3.05) is 35.2 Å². The Bertz CT molecular complexity index is 571. The Balaban J connectivity index is 2.25. The van der Waals surface area contributed by atoms with E-state index >= 15 is 0 Å². The van der Waals surface area contributed by atoms with Gasteiger partial charge in [0, 0.05) is 35.2 Å². The number of anilines is 1. The Morgan fingerprint density at radius 1 is 1.43 bits per heavy atom. The molecule has 0 aromatic carbocycles. The van der Waals surface area contributed by atoms with Gasteiger partial charge in [0.05, 0.1) is 5.69 Å². The molecule has 0 spiro atoms. The molecule has 1 aliphatic rings. The van der Waals surface area contributed by atoms with Crippen molar-refractivity contribution in [2.24, 2.45) is 0 Å². The first kappa shape index (κ1) is 17.1. The first-order chi connectivity index (χ1) is 9.99. The van der Waals surface area contributed by atoms with Gasteiger partial charge in [0.15, 0.2) is 15.0 Å². The van der Waals surface area contributed by atoms with Crippen LogP contribution in [0, 0.1) is 6.92 Å². The van der Waals surface area contributed by atoms with Crippen molar-refractivity contribution in [2.45, 2.75) is 32.7 Å². The van der Waals surface area contributed by atoms with Crippen LogP contribution < -0.4 is 10.2 Å². The molecule has 1 unspecified atom stereocenters. The van der Waals surface area contributed by atoms with Gasteiger partial charge in [-0.05, 0) is 13.5 Å². The standard InChI is InChI=1S/C13H23N3O2S3/c1-4-14-8-11-10(3)15-13(20-11)16-6-7-19-9-12(16)21(17,18)5-2/h12,14H,4-9H2,1-3H3. The van der Waals surface area contributed by atoms with Crippen LogP contribution in [0.4, 0.5) is 5.13 Å². The van der Waals surface area contributed by atoms with E-state index in [1.54, 1.807) is 30.0 Å². The predicted octanol–water partition coefficient (Wildman–Crippen LogP) is 1.88. The Morgan fingerprint density at radius 2 is 2.19 bits per heavy atom. The minimum atomic E-state index is -3.08. The molecule has 0 radical (unpaired) electrons. The van der Waals surface area contributed by atoms with E-state index in [0.717, 1.165) is 36.2 Å². The molecule has 0 aliphatic carbocycles. The second-order valence-electron chi connectivity index (χ2n) is 4.96. The van der Waals surface area contributed by atoms with Crippen LogP contribution in [-0.2, 0) is 16.4 Å². The zero-order chi connectivity index (χ0) is 15.5. The molecule has 0 bridgehead atoms. The quantitative estimate of drug-likeness (QED) is 0.846. The Hall–Kier alpha value is -0.310. The van der Waals surface area contributed by atoms with Gasteiger partial charge in [-0.2, -0.15) is 11.8 Å². The van der Waals surface area contributed by atoms with Crippen LogP contribution in [-0.4, -0.2) is 49.1 Å². The molecule has 1 aromatic heterocycles. The van der Waals surface area contributed by atoms with Crippen LogP contribution in [0.25, 0.3) is 0 Å². The zero-order valence-electron chi connectivity index (χ0n) is 12.8. The highest BCUT2D eigenvalue weighted by Crippen LogP contribution is 2.32. The Morgan fingerprint density at radius 3 is 2.86 bits per heavy atom. The number of nitrogens with one attached hydrogen (secondary N) is 1. The van der Waals surface area contributed by atoms with Crippen molar-refractivity contribution in [1.82, 2.24) is 10.3 Å². The van der Waals surface area contributed by atoms with E-state index in [0.29, 0.717) is 5.75 Å². The molecule has 2 rings (SSSR count). The molecule has 5 nitrogen and oxygen atoms in total. The van der Waals surface area contributed by atoms with Gasteiger partial charge in [0.25, 0.3) is 0 Å². The number of rotatable bonds is 6. The van der Waals surface area contributed by atoms with Crippen LogP contribution in [0.2, 0.25) is 0 Å². The van der Waals surface area contributed by atoms with Crippen molar-refractivity contribution in [3.63, 3.8) is 0 Å². The lowest BCUT2D eigenvalue weighted by Crippen LogP contribution is -2.48. The largest absolute Gasteiger partial charge is 0.329 e. The first-order valence-electron chi connectivity index (χ1n) is 7.22. The van der Waals surface area contributed by atoms with E-state index in [4.69, 9.17) is 0 Å². The Labute approximate surface area is 135 Å². The van der Waals surface area contributed by atoms with E-state index in [9.17, 15) is 8.42 Å². The minimum absolute atomic E-state index is 0.184. The fraction of sp³-hybridized carbons (Fsp3) is 0.769. The summed E-state index contributed by atoms with van der Waals surface area (Å²) >= 11 is 3.33. The van der Waals surface area contributed by atoms with Crippen LogP contribution in [0.3, 0.4) is 0 Å². The van der Waals surface area contributed by atoms with Crippen LogP contribution in [0.1, 0.15) is 24.4 Å². The second kappa shape index (κ2) is 7.30. The van der Waals surface area contributed by atoms with E-state index in [1.807, 2.05) is 11.8 Å². The highest BCUT2D eigenvalue weighted by molar-refractivity contribution is 8.01. The number of hydrogen-bond acceptors (Lipinski definition) is 7. The molecule has 1 aliphatic heterocycles. The fourth-order valence-corrected chi connectivity index (χ4v) is 6.37. The molecule has 1 aromatic rings. The zero-order valence-corrected chi connectivity index (χ0v) is 15.2. The van der Waals surface area contributed by atoms with E-state index < -0.39 is 15.2 Å². The summed E-state index contributed by atoms with van der Waals surface area (Å²) in [5.41, 5.74) is 1.00. The van der Waals surface area contributed by atoms with E-state index in [2.05, 4.69) is 17.2 Å². The smallest absolute Gasteiger partial charge is 0.186 e. The average molecular weight is 350 g/mol. The number of aryl methyl sites for hydroxylation is 1. The number of sulfone groups is 1. The lowest BCUT2D eigenvalue weighted by atomic mass is 10.4. The van der Waals surface area contributed by atoms with Gasteiger partial charge < -0.3 is 10.2 Å². The maximum Gasteiger partial charge on any atom is 0.186 e. The molecule has 8 heteroatoms. The first-order valence-corrected chi connectivity index (χ1v) is 10.9. The molecule has 0 amide bonds. The van der Waals surface area contributed by atoms with E-state index in [-0.39, 0.29) is 5.75 Å². The minimum Gasteiger partial charge on any atom is -0.329 e. The van der Waals surface area contributed by atoms with Gasteiger partial charge in [0.2, 0.25) is 0 Å². The molecule has 21 heavy (non-hydrogen) atoms. The summed E-state index contributed by atoms with van der Waals surface area (Å²) in [6, 6.07) is 0. The third-order valence-corrected chi connectivity index (χ3v) is 8.05. The molecular weight excluding hydrogens is 326 g/mol. The van der Waals surface area contributed by atoms with Gasteiger partial charge in [-0.25, -0.2) is 13.4 Å². The molecule has 120 valence electrons. The van der Waals surface area contributed by atoms with Crippen molar-refractivity contribution in [1.29, 1.82) is 0 Å². The van der Waals surface area contributed by atoms with Crippen molar-refractivity contribution >= 4 is 38.1 Å². The van der Waals surface area contributed by atoms with Crippen LogP contribution in [0.5, 0.6) is 0 Å². The van der Waals surface area contributed by atoms with Gasteiger partial charge >= 0.3 is 0 Å². The SMILES string of the molecule is CCNCc1sc(N2CCSCC2S(=O)(=O)CC)nc1C. The lowest BCUT2D eigenvalue weighted by molar-refractivity contribution is 0.579. The normalized spacial score (nSPS) is 20.0. The van der Waals surface area contributed by atoms with Crippen molar-refractivity contribution in [3.8, 4) is 0 Å². The van der Waals surface area contributed by atoms with Crippen molar-refractivity contribution in [3.05, 3.63) is 10.6 Å². The van der Waals surface area contributed by atoms with Gasteiger partial charge in [-0.15, -0.1) is 11.3 Å². The van der Waals surface area contributed by atoms with Crippen LogP contribution >= 0.6 is 23.1 Å². The number of thiazole rings is 1. The highest BCUT2D eigenvalue weighted by atomic mass is 32.2. The summed E-state index contributed by atoms with van der Waals surface area (Å²) < 4.78 is 24.6. The Kier molecular flexibility index (Phi) is 5.93. The lowest BCUT2D eigenvalue weighted by Gasteiger charge is -2.34. The average Bonchev–Trinajstić information content (AvgIpc) is 2.86. The van der Waals surface area contributed by atoms with Gasteiger partial charge in [-0.3, -0.25) is 0 Å². The number of nitrogens with zero attached hydrogens (tertiary/aromatic N) is 2. The third-order valence-electron chi connectivity index (χ3n) is 3.56. The maximum absolute atomic E-state index is 12.3. The summed E-state index contributed by atoms with van der Waals surface area (Å²) in [6.45, 7) is 8.25. The summed E-state index contributed by atoms with van der Waals surface area (Å²) in [7, 11) is -3.08. The predicted molar refractivity (Wildman–Crippen MR) is 92.2 cm³/mol. The van der Waals surface area contributed by atoms with Gasteiger partial charge in [-0.1, -0.05) is 13.8 Å². The number of hydrogen-bond donors (Lipinski definition) is 1. The maximum atomic E-state index is 12.3. The fourth-order valence-electron chi connectivity index (χ4n) is 2.23. The molecule has 1 N–H and O–H groups in total. The summed E-state index contributed by atoms with van der Waals surface area (Å²) in [4.78, 5) is 7.80. The highest BCUT2D eigenvalue weighted by Gasteiger charge is 2.34. The van der Waals surface area contributed by atoms with E-state index in [1.165, 1.54) is 4.88 Å². The van der Waals surface area contributed by atoms with Crippen LogP contribution in [0.15, 0.2) is 0 Å². The molecule has 1 atom stereocenters. The number of aromatic nitrogens is 1. The van der Waals surface area contributed by atoms with Gasteiger partial charge in [0.1, 0.15) is 5.37 Å². The molecular formula is C13H23N3O2S3. The third kappa shape index (κ3) is 3.91. The molecule has 1 saturated heterocycles. The summed E-state index contributed by atoms with van der Waals surface area (Å²) in [5.74, 6) is 1.78. The topological polar surface area (TPSA) is 62.3 Å².